The highest BCUT2D eigenvalue weighted by Gasteiger charge is 1.89. The molecule has 0 heterocycles. The van der Waals surface area contributed by atoms with Crippen LogP contribution in [-0.2, 0) is 0 Å². The van der Waals surface area contributed by atoms with Gasteiger partial charge in [0.15, 0.2) is 0 Å². The monoisotopic (exact) mass is 207 g/mol. The van der Waals surface area contributed by atoms with Crippen molar-refractivity contribution < 1.29 is 0 Å². The van der Waals surface area contributed by atoms with E-state index in [9.17, 15) is 0 Å². The molecule has 1 heteroatoms. The van der Waals surface area contributed by atoms with Crippen LogP contribution in [0, 0.1) is 0 Å². The van der Waals surface area contributed by atoms with Crippen molar-refractivity contribution in [1.29, 1.82) is 0 Å². The molecule has 0 spiro atoms. The number of nitrogens with zero attached hydrogens (tertiary/aromatic N) is 1. The normalized spacial score (nSPS) is 10.5. The zero-order valence-electron chi connectivity index (χ0n) is 9.01. The molecular weight excluding hydrogens is 194 g/mol. The summed E-state index contributed by atoms with van der Waals surface area (Å²) in [6.45, 7) is 3.72. The summed E-state index contributed by atoms with van der Waals surface area (Å²) in [6.07, 6.45) is 3.69. The van der Waals surface area contributed by atoms with Crippen LogP contribution in [0.15, 0.2) is 66.2 Å². The minimum Gasteiger partial charge on any atom is -0.256 e. The van der Waals surface area contributed by atoms with Gasteiger partial charge in [0.1, 0.15) is 0 Å². The van der Waals surface area contributed by atoms with E-state index in [2.05, 4.69) is 11.6 Å². The molecule has 78 valence electrons. The molecule has 2 aromatic carbocycles. The van der Waals surface area contributed by atoms with E-state index in [1.165, 1.54) is 0 Å². The van der Waals surface area contributed by atoms with Gasteiger partial charge in [-0.25, -0.2) is 0 Å². The predicted molar refractivity (Wildman–Crippen MR) is 70.2 cm³/mol. The molecule has 16 heavy (non-hydrogen) atoms. The van der Waals surface area contributed by atoms with Gasteiger partial charge in [-0.15, -0.1) is 0 Å². The number of aliphatic imine (C=N–C) groups is 1. The van der Waals surface area contributed by atoms with Crippen LogP contribution in [0.1, 0.15) is 11.1 Å². The lowest BCUT2D eigenvalue weighted by atomic mass is 10.2. The van der Waals surface area contributed by atoms with Gasteiger partial charge in [0.25, 0.3) is 0 Å². The van der Waals surface area contributed by atoms with Gasteiger partial charge in [-0.05, 0) is 23.3 Å². The molecular formula is C15H13N. The van der Waals surface area contributed by atoms with Crippen LogP contribution in [0.25, 0.3) is 6.08 Å². The molecule has 2 aromatic rings. The van der Waals surface area contributed by atoms with Gasteiger partial charge in [-0.2, -0.15) is 0 Å². The molecule has 0 fully saturated rings. The maximum absolute atomic E-state index is 4.39. The first-order valence-electron chi connectivity index (χ1n) is 5.20. The van der Waals surface area contributed by atoms with Crippen LogP contribution in [0.5, 0.6) is 0 Å². The number of benzene rings is 2. The Hall–Kier alpha value is -2.15. The molecule has 0 unspecified atom stereocenters. The van der Waals surface area contributed by atoms with Gasteiger partial charge in [0, 0.05) is 6.21 Å². The fraction of sp³-hybridized carbons (Fsp3) is 0. The van der Waals surface area contributed by atoms with E-state index < -0.39 is 0 Å². The Morgan fingerprint density at radius 2 is 1.50 bits per heavy atom. The van der Waals surface area contributed by atoms with Gasteiger partial charge < -0.3 is 0 Å². The third kappa shape index (κ3) is 2.67. The van der Waals surface area contributed by atoms with Crippen molar-refractivity contribution in [2.45, 2.75) is 0 Å². The lowest BCUT2D eigenvalue weighted by Crippen LogP contribution is -1.78. The maximum atomic E-state index is 4.39. The van der Waals surface area contributed by atoms with Crippen molar-refractivity contribution in [3.63, 3.8) is 0 Å². The summed E-state index contributed by atoms with van der Waals surface area (Å²) in [6, 6.07) is 18.0. The van der Waals surface area contributed by atoms with Gasteiger partial charge in [0.2, 0.25) is 0 Å². The Bertz CT molecular complexity index is 481. The molecule has 0 N–H and O–H groups in total. The van der Waals surface area contributed by atoms with Crippen LogP contribution >= 0.6 is 0 Å². The van der Waals surface area contributed by atoms with Crippen molar-refractivity contribution in [1.82, 2.24) is 0 Å². The molecule has 0 aromatic heterocycles. The summed E-state index contributed by atoms with van der Waals surface area (Å²) in [7, 11) is 0. The molecule has 0 saturated carbocycles. The van der Waals surface area contributed by atoms with E-state index in [-0.39, 0.29) is 0 Å². The van der Waals surface area contributed by atoms with Crippen molar-refractivity contribution in [3.8, 4) is 0 Å². The van der Waals surface area contributed by atoms with Crippen LogP contribution in [-0.4, -0.2) is 6.21 Å². The summed E-state index contributed by atoms with van der Waals surface area (Å²) >= 11 is 0. The van der Waals surface area contributed by atoms with Crippen LogP contribution in [0.2, 0.25) is 0 Å². The average Bonchev–Trinajstić information content (AvgIpc) is 2.38. The number of hydrogen-bond donors (Lipinski definition) is 0. The van der Waals surface area contributed by atoms with E-state index in [0.29, 0.717) is 0 Å². The molecule has 0 aliphatic rings. The highest BCUT2D eigenvalue weighted by Crippen LogP contribution is 2.13. The van der Waals surface area contributed by atoms with E-state index in [0.717, 1.165) is 16.8 Å². The van der Waals surface area contributed by atoms with Crippen molar-refractivity contribution in [2.75, 3.05) is 0 Å². The molecule has 0 aliphatic heterocycles. The lowest BCUT2D eigenvalue weighted by molar-refractivity contribution is 1.51. The van der Waals surface area contributed by atoms with Crippen molar-refractivity contribution >= 4 is 18.0 Å². The highest BCUT2D eigenvalue weighted by molar-refractivity contribution is 5.81. The van der Waals surface area contributed by atoms with Gasteiger partial charge in [-0.3, -0.25) is 4.99 Å². The Morgan fingerprint density at radius 3 is 2.12 bits per heavy atom. The van der Waals surface area contributed by atoms with Crippen LogP contribution in [0.4, 0.5) is 5.69 Å². The van der Waals surface area contributed by atoms with Crippen LogP contribution < -0.4 is 0 Å². The minimum atomic E-state index is 0.953. The SMILES string of the molecule is C=Cc1ccc(/N=C/c2ccccc2)cc1. The minimum absolute atomic E-state index is 0.953. The van der Waals surface area contributed by atoms with E-state index >= 15 is 0 Å². The van der Waals surface area contributed by atoms with E-state index in [1.54, 1.807) is 0 Å². The fourth-order valence-electron chi connectivity index (χ4n) is 1.38. The summed E-state index contributed by atoms with van der Waals surface area (Å²) < 4.78 is 0. The quantitative estimate of drug-likeness (QED) is 0.672. The van der Waals surface area contributed by atoms with Crippen molar-refractivity contribution in [2.24, 2.45) is 4.99 Å². The molecule has 0 saturated heterocycles. The Labute approximate surface area is 95.8 Å². The smallest absolute Gasteiger partial charge is 0.0630 e. The third-order valence-corrected chi connectivity index (χ3v) is 2.29. The first kappa shape index (κ1) is 10.4. The second kappa shape index (κ2) is 5.08. The number of rotatable bonds is 3. The molecule has 0 amide bonds. The summed E-state index contributed by atoms with van der Waals surface area (Å²) in [5.74, 6) is 0. The average molecular weight is 207 g/mol. The maximum Gasteiger partial charge on any atom is 0.0630 e. The molecule has 0 radical (unpaired) electrons. The third-order valence-electron chi connectivity index (χ3n) is 2.29. The van der Waals surface area contributed by atoms with Gasteiger partial charge >= 0.3 is 0 Å². The summed E-state index contributed by atoms with van der Waals surface area (Å²) in [5.41, 5.74) is 3.17. The Balaban J connectivity index is 2.14. The Kier molecular flexibility index (Phi) is 3.29. The first-order chi connectivity index (χ1) is 7.88. The lowest BCUT2D eigenvalue weighted by Gasteiger charge is -1.95. The van der Waals surface area contributed by atoms with Gasteiger partial charge in [-0.1, -0.05) is 55.1 Å². The standard InChI is InChI=1S/C15H13N/c1-2-13-8-10-15(11-9-13)16-12-14-6-4-3-5-7-14/h2-12H,1H2/b16-12+. The van der Waals surface area contributed by atoms with Crippen molar-refractivity contribution in [3.05, 3.63) is 72.3 Å². The first-order valence-corrected chi connectivity index (χ1v) is 5.20. The largest absolute Gasteiger partial charge is 0.256 e. The molecule has 0 aliphatic carbocycles. The summed E-state index contributed by atoms with van der Waals surface area (Å²) in [4.78, 5) is 4.39. The topological polar surface area (TPSA) is 12.4 Å². The van der Waals surface area contributed by atoms with E-state index in [4.69, 9.17) is 0 Å². The van der Waals surface area contributed by atoms with Gasteiger partial charge in [0.05, 0.1) is 5.69 Å². The molecule has 1 nitrogen and oxygen atoms in total. The number of hydrogen-bond acceptors (Lipinski definition) is 1. The fourth-order valence-corrected chi connectivity index (χ4v) is 1.38. The molecule has 2 rings (SSSR count). The Morgan fingerprint density at radius 1 is 0.812 bits per heavy atom. The molecule has 0 bridgehead atoms. The second-order valence-corrected chi connectivity index (χ2v) is 3.46. The zero-order chi connectivity index (χ0) is 11.2. The van der Waals surface area contributed by atoms with Crippen LogP contribution in [0.3, 0.4) is 0 Å². The van der Waals surface area contributed by atoms with E-state index in [1.807, 2.05) is 66.9 Å². The second-order valence-electron chi connectivity index (χ2n) is 3.46. The molecule has 0 atom stereocenters. The highest BCUT2D eigenvalue weighted by atomic mass is 14.7. The predicted octanol–water partition coefficient (Wildman–Crippen LogP) is 4.08. The summed E-state index contributed by atoms with van der Waals surface area (Å²) in [5, 5.41) is 0. The zero-order valence-corrected chi connectivity index (χ0v) is 9.01.